The molecule has 0 heterocycles. The van der Waals surface area contributed by atoms with Crippen LogP contribution in [0.4, 0.5) is 0 Å². The van der Waals surface area contributed by atoms with E-state index in [-0.39, 0.29) is 19.4 Å². The predicted octanol–water partition coefficient (Wildman–Crippen LogP) is 11.8. The van der Waals surface area contributed by atoms with Crippen molar-refractivity contribution in [1.82, 2.24) is 0 Å². The summed E-state index contributed by atoms with van der Waals surface area (Å²) in [5, 5.41) is 8.88. The van der Waals surface area contributed by atoms with Crippen LogP contribution < -0.4 is 5.73 Å². The Morgan fingerprint density at radius 1 is 0.544 bits per heavy atom. The lowest BCUT2D eigenvalue weighted by atomic mass is 10.0. The predicted molar refractivity (Wildman–Crippen MR) is 231 cm³/mol. The molecule has 1 unspecified atom stereocenters. The average molecular weight is 826 g/mol. The summed E-state index contributed by atoms with van der Waals surface area (Å²) in [6, 6.07) is -1.53. The monoisotopic (exact) mass is 826 g/mol. The van der Waals surface area contributed by atoms with Crippen molar-refractivity contribution in [3.63, 3.8) is 0 Å². The van der Waals surface area contributed by atoms with Crippen LogP contribution in [0.1, 0.15) is 187 Å². The number of nitrogens with two attached hydrogens (primary N) is 1. The Morgan fingerprint density at radius 3 is 1.44 bits per heavy atom. The molecule has 0 bridgehead atoms. The quantitative estimate of drug-likeness (QED) is 0.0232. The van der Waals surface area contributed by atoms with Crippen LogP contribution in [0.5, 0.6) is 0 Å². The molecular weight excluding hydrogens is 745 g/mol. The maximum atomic E-state index is 12.6. The molecular formula is C45H80NO10P. The number of unbranched alkanes of at least 4 members (excludes halogenated alkanes) is 19. The summed E-state index contributed by atoms with van der Waals surface area (Å²) in [7, 11) is -4.73. The summed E-state index contributed by atoms with van der Waals surface area (Å²) in [6.45, 7) is 2.74. The Bertz CT molecular complexity index is 1150. The molecule has 0 aromatic carbocycles. The van der Waals surface area contributed by atoms with Gasteiger partial charge in [0.15, 0.2) is 6.10 Å². The number of carbonyl (C=O) groups excluding carboxylic acids is 2. The Balaban J connectivity index is 4.44. The smallest absolute Gasteiger partial charge is 0.472 e. The molecule has 0 fully saturated rings. The Labute approximate surface area is 345 Å². The normalized spacial score (nSPS) is 14.2. The van der Waals surface area contributed by atoms with E-state index in [1.54, 1.807) is 0 Å². The summed E-state index contributed by atoms with van der Waals surface area (Å²) >= 11 is 0. The number of hydrogen-bond donors (Lipinski definition) is 3. The molecule has 0 spiro atoms. The van der Waals surface area contributed by atoms with E-state index in [0.717, 1.165) is 38.5 Å². The molecule has 0 aromatic rings. The molecule has 4 N–H and O–H groups in total. The van der Waals surface area contributed by atoms with Crippen LogP contribution in [0, 0.1) is 0 Å². The first-order chi connectivity index (χ1) is 27.6. The second-order valence-corrected chi connectivity index (χ2v) is 16.3. The largest absolute Gasteiger partial charge is 0.480 e. The van der Waals surface area contributed by atoms with Gasteiger partial charge in [0, 0.05) is 12.8 Å². The van der Waals surface area contributed by atoms with Gasteiger partial charge in [-0.05, 0) is 51.4 Å². The molecule has 330 valence electrons. The van der Waals surface area contributed by atoms with Gasteiger partial charge < -0.3 is 25.2 Å². The van der Waals surface area contributed by atoms with E-state index in [0.29, 0.717) is 19.3 Å². The summed E-state index contributed by atoms with van der Waals surface area (Å²) in [4.78, 5) is 45.9. The minimum Gasteiger partial charge on any atom is -0.480 e. The van der Waals surface area contributed by atoms with Gasteiger partial charge in [-0.25, -0.2) is 4.57 Å². The van der Waals surface area contributed by atoms with Crippen molar-refractivity contribution in [3.8, 4) is 0 Å². The standard InChI is InChI=1S/C45H80NO10P/c1-3-5-7-9-11-13-15-17-18-19-20-21-22-23-24-25-27-29-31-33-35-37-44(48)56-41(39-54-57(51,52)55-40-42(46)45(49)50)38-53-43(47)36-34-32-30-28-26-16-14-12-10-8-6-4-2/h18-19,21-22,24-25,29,31,41-42H,3-17,20,23,26-28,30,32-40,46H2,1-2H3,(H,49,50)(H,51,52)/b19-18+,22-21+,25-24+,31-29+/t41-,42-/m0/s1. The number of carbonyl (C=O) groups is 3. The van der Waals surface area contributed by atoms with Crippen LogP contribution in [0.25, 0.3) is 0 Å². The number of aliphatic carboxylic acids is 1. The Kier molecular flexibility index (Phi) is 38.4. The van der Waals surface area contributed by atoms with Crippen LogP contribution in [0.2, 0.25) is 0 Å². The van der Waals surface area contributed by atoms with E-state index in [4.69, 9.17) is 24.8 Å². The fraction of sp³-hybridized carbons (Fsp3) is 0.756. The van der Waals surface area contributed by atoms with Gasteiger partial charge in [-0.2, -0.15) is 0 Å². The number of allylic oxidation sites excluding steroid dienone is 8. The molecule has 0 saturated heterocycles. The van der Waals surface area contributed by atoms with Crippen molar-refractivity contribution in [1.29, 1.82) is 0 Å². The zero-order valence-corrected chi connectivity index (χ0v) is 36.6. The maximum absolute atomic E-state index is 12.6. The highest BCUT2D eigenvalue weighted by atomic mass is 31.2. The average Bonchev–Trinajstić information content (AvgIpc) is 3.19. The third-order valence-electron chi connectivity index (χ3n) is 9.33. The molecule has 3 atom stereocenters. The van der Waals surface area contributed by atoms with Crippen LogP contribution >= 0.6 is 7.82 Å². The zero-order valence-electron chi connectivity index (χ0n) is 35.7. The number of phosphoric acid groups is 1. The van der Waals surface area contributed by atoms with Crippen molar-refractivity contribution in [2.24, 2.45) is 5.73 Å². The zero-order chi connectivity index (χ0) is 42.1. The van der Waals surface area contributed by atoms with Crippen molar-refractivity contribution in [2.75, 3.05) is 19.8 Å². The first kappa shape index (κ1) is 54.4. The Hall–Kier alpha value is -2.56. The third kappa shape index (κ3) is 40.0. The SMILES string of the molecule is CCCCCCCCC/C=C/C/C=C/C/C=C/C/C=C/CCCC(=O)O[C@@H](COC(=O)CCCCCCCCCCCCCC)COP(=O)(O)OC[C@H](N)C(=O)O. The van der Waals surface area contributed by atoms with E-state index in [2.05, 4.69) is 54.8 Å². The molecule has 0 saturated carbocycles. The molecule has 12 heteroatoms. The van der Waals surface area contributed by atoms with Crippen LogP contribution in [0.3, 0.4) is 0 Å². The highest BCUT2D eigenvalue weighted by Gasteiger charge is 2.28. The van der Waals surface area contributed by atoms with Gasteiger partial charge in [0.25, 0.3) is 0 Å². The van der Waals surface area contributed by atoms with Crippen LogP contribution in [-0.2, 0) is 37.5 Å². The number of ether oxygens (including phenoxy) is 2. The molecule has 0 aliphatic rings. The molecule has 0 amide bonds. The first-order valence-corrected chi connectivity index (χ1v) is 23.7. The molecule has 57 heavy (non-hydrogen) atoms. The second-order valence-electron chi connectivity index (χ2n) is 14.8. The lowest BCUT2D eigenvalue weighted by Crippen LogP contribution is -2.34. The number of hydrogen-bond acceptors (Lipinski definition) is 9. The fourth-order valence-corrected chi connectivity index (χ4v) is 6.60. The molecule has 0 rings (SSSR count). The maximum Gasteiger partial charge on any atom is 0.472 e. The fourth-order valence-electron chi connectivity index (χ4n) is 5.82. The van der Waals surface area contributed by atoms with Crippen LogP contribution in [-0.4, -0.2) is 59.9 Å². The highest BCUT2D eigenvalue weighted by Crippen LogP contribution is 2.43. The van der Waals surface area contributed by atoms with E-state index >= 15 is 0 Å². The molecule has 0 aliphatic heterocycles. The van der Waals surface area contributed by atoms with Gasteiger partial charge in [-0.1, -0.05) is 172 Å². The van der Waals surface area contributed by atoms with Crippen molar-refractivity contribution in [3.05, 3.63) is 48.6 Å². The van der Waals surface area contributed by atoms with Gasteiger partial charge in [0.2, 0.25) is 0 Å². The van der Waals surface area contributed by atoms with Gasteiger partial charge in [-0.3, -0.25) is 23.4 Å². The van der Waals surface area contributed by atoms with E-state index in [1.807, 2.05) is 12.2 Å². The molecule has 0 aromatic heterocycles. The summed E-state index contributed by atoms with van der Waals surface area (Å²) in [5.74, 6) is -2.45. The van der Waals surface area contributed by atoms with Crippen LogP contribution in [0.15, 0.2) is 48.6 Å². The number of carboxylic acid groups (broad SMARTS) is 1. The van der Waals surface area contributed by atoms with Gasteiger partial charge in [0.05, 0.1) is 13.2 Å². The van der Waals surface area contributed by atoms with E-state index < -0.39 is 51.1 Å². The van der Waals surface area contributed by atoms with E-state index in [9.17, 15) is 23.8 Å². The van der Waals surface area contributed by atoms with Crippen molar-refractivity contribution < 1.29 is 47.5 Å². The highest BCUT2D eigenvalue weighted by molar-refractivity contribution is 7.47. The summed E-state index contributed by atoms with van der Waals surface area (Å²) in [5.41, 5.74) is 5.33. The molecule has 0 aliphatic carbocycles. The topological polar surface area (TPSA) is 172 Å². The van der Waals surface area contributed by atoms with Gasteiger partial charge in [-0.15, -0.1) is 0 Å². The van der Waals surface area contributed by atoms with Gasteiger partial charge >= 0.3 is 25.7 Å². The molecule has 11 nitrogen and oxygen atoms in total. The number of esters is 2. The van der Waals surface area contributed by atoms with Crippen molar-refractivity contribution in [2.45, 2.75) is 199 Å². The number of rotatable bonds is 41. The van der Waals surface area contributed by atoms with Crippen molar-refractivity contribution >= 4 is 25.7 Å². The third-order valence-corrected chi connectivity index (χ3v) is 10.3. The number of carboxylic acids is 1. The summed E-state index contributed by atoms with van der Waals surface area (Å²) in [6.07, 6.45) is 44.7. The second kappa shape index (κ2) is 40.2. The van der Waals surface area contributed by atoms with Gasteiger partial charge in [0.1, 0.15) is 12.6 Å². The number of phosphoric ester groups is 1. The molecule has 0 radical (unpaired) electrons. The lowest BCUT2D eigenvalue weighted by Gasteiger charge is -2.20. The minimum atomic E-state index is -4.73. The Morgan fingerprint density at radius 2 is 0.947 bits per heavy atom. The lowest BCUT2D eigenvalue weighted by molar-refractivity contribution is -0.161. The minimum absolute atomic E-state index is 0.0858. The first-order valence-electron chi connectivity index (χ1n) is 22.2. The summed E-state index contributed by atoms with van der Waals surface area (Å²) < 4.78 is 32.6. The van der Waals surface area contributed by atoms with E-state index in [1.165, 1.54) is 103 Å².